The van der Waals surface area contributed by atoms with E-state index in [9.17, 15) is 19.0 Å². The Balaban J connectivity index is 3.95. The van der Waals surface area contributed by atoms with E-state index in [0.29, 0.717) is 17.4 Å². The van der Waals surface area contributed by atoms with Gasteiger partial charge in [0.15, 0.2) is 6.10 Å². The van der Waals surface area contributed by atoms with E-state index in [-0.39, 0.29) is 32.0 Å². The molecule has 0 fully saturated rings. The number of phosphoric ester groups is 1. The molecule has 0 amide bonds. The van der Waals surface area contributed by atoms with Gasteiger partial charge in [0.2, 0.25) is 0 Å². The number of carbonyl (C=O) groups is 2. The minimum absolute atomic E-state index is 0.0301. The molecule has 0 N–H and O–H groups in total. The van der Waals surface area contributed by atoms with Gasteiger partial charge in [-0.25, -0.2) is 0 Å². The first kappa shape index (κ1) is 82.0. The van der Waals surface area contributed by atoms with Crippen molar-refractivity contribution in [2.45, 2.75) is 367 Å². The zero-order valence-corrected chi connectivity index (χ0v) is 57.3. The highest BCUT2D eigenvalue weighted by atomic mass is 31.2. The molecule has 2 atom stereocenters. The van der Waals surface area contributed by atoms with Crippen molar-refractivity contribution in [3.05, 3.63) is 48.6 Å². The predicted molar refractivity (Wildman–Crippen MR) is 360 cm³/mol. The fourth-order valence-electron chi connectivity index (χ4n) is 10.8. The molecule has 0 bridgehead atoms. The highest BCUT2D eigenvalue weighted by Gasteiger charge is 2.22. The van der Waals surface area contributed by atoms with Crippen molar-refractivity contribution in [3.63, 3.8) is 0 Å². The maximum absolute atomic E-state index is 12.9. The fraction of sp³-hybridized carbons (Fsp3) is 0.865. The van der Waals surface area contributed by atoms with Crippen molar-refractivity contribution in [2.75, 3.05) is 47.5 Å². The molecule has 0 saturated carbocycles. The number of phosphoric acid groups is 1. The molecule has 0 aliphatic heterocycles. The van der Waals surface area contributed by atoms with Gasteiger partial charge < -0.3 is 27.9 Å². The standard InChI is InChI=1S/C74H140NO8P/c1-6-8-10-12-14-16-18-20-22-24-26-28-30-32-33-34-35-36-37-38-39-40-41-43-44-46-48-50-52-54-56-58-60-62-64-66-73(76)80-70-72(71-82-84(78,79)81-69-68-75(3,4)5)83-74(77)67-65-63-61-59-57-55-53-51-49-47-45-42-31-29-27-25-23-21-19-17-15-13-11-9-7-2/h9,11,15,17,21,23,27,29,72H,6-8,10,12-14,16,18-20,22,24-26,28,30-71H2,1-5H3/b11-9-,17-15-,23-21-,29-27-. The average molecular weight is 1200 g/mol. The summed E-state index contributed by atoms with van der Waals surface area (Å²) in [4.78, 5) is 38.1. The van der Waals surface area contributed by atoms with Crippen LogP contribution in [0.1, 0.15) is 361 Å². The van der Waals surface area contributed by atoms with E-state index in [1.165, 1.54) is 263 Å². The second-order valence-electron chi connectivity index (χ2n) is 25.9. The Kier molecular flexibility index (Phi) is 63.8. The Morgan fingerprint density at radius 1 is 0.381 bits per heavy atom. The number of nitrogens with zero attached hydrogens (tertiary/aromatic N) is 1. The molecule has 84 heavy (non-hydrogen) atoms. The highest BCUT2D eigenvalue weighted by molar-refractivity contribution is 7.45. The number of likely N-dealkylation sites (N-methyl/N-ethyl adjacent to an activating group) is 1. The van der Waals surface area contributed by atoms with Crippen LogP contribution in [0.3, 0.4) is 0 Å². The molecule has 0 saturated heterocycles. The van der Waals surface area contributed by atoms with Gasteiger partial charge in [0, 0.05) is 12.8 Å². The lowest BCUT2D eigenvalue weighted by molar-refractivity contribution is -0.870. The largest absolute Gasteiger partial charge is 0.756 e. The van der Waals surface area contributed by atoms with E-state index < -0.39 is 26.5 Å². The Bertz CT molecular complexity index is 1560. The third-order valence-corrected chi connectivity index (χ3v) is 17.3. The van der Waals surface area contributed by atoms with Crippen LogP contribution in [-0.2, 0) is 32.7 Å². The van der Waals surface area contributed by atoms with Crippen LogP contribution in [0, 0.1) is 0 Å². The first-order valence-corrected chi connectivity index (χ1v) is 37.8. The molecule has 0 aromatic rings. The molecule has 0 heterocycles. The molecule has 9 nitrogen and oxygen atoms in total. The highest BCUT2D eigenvalue weighted by Crippen LogP contribution is 2.38. The molecule has 0 aromatic carbocycles. The number of carbonyl (C=O) groups excluding carboxylic acids is 2. The van der Waals surface area contributed by atoms with Gasteiger partial charge in [0.05, 0.1) is 27.7 Å². The summed E-state index contributed by atoms with van der Waals surface area (Å²) in [6, 6.07) is 0. The minimum atomic E-state index is -4.64. The second-order valence-corrected chi connectivity index (χ2v) is 27.3. The molecule has 0 rings (SSSR count). The Morgan fingerprint density at radius 2 is 0.679 bits per heavy atom. The third-order valence-electron chi connectivity index (χ3n) is 16.4. The van der Waals surface area contributed by atoms with Crippen molar-refractivity contribution in [1.29, 1.82) is 0 Å². The topological polar surface area (TPSA) is 111 Å². The number of rotatable bonds is 68. The van der Waals surface area contributed by atoms with Gasteiger partial charge in [-0.15, -0.1) is 0 Å². The lowest BCUT2D eigenvalue weighted by Crippen LogP contribution is -2.37. The van der Waals surface area contributed by atoms with E-state index in [1.54, 1.807) is 0 Å². The molecule has 10 heteroatoms. The summed E-state index contributed by atoms with van der Waals surface area (Å²) >= 11 is 0. The maximum atomic E-state index is 12.9. The number of hydrogen-bond acceptors (Lipinski definition) is 8. The summed E-state index contributed by atoms with van der Waals surface area (Å²) < 4.78 is 34.3. The molecule has 0 aliphatic carbocycles. The van der Waals surface area contributed by atoms with E-state index in [0.717, 1.165) is 64.2 Å². The van der Waals surface area contributed by atoms with Crippen LogP contribution < -0.4 is 4.89 Å². The molecular formula is C74H140NO8P. The van der Waals surface area contributed by atoms with Crippen molar-refractivity contribution in [2.24, 2.45) is 0 Å². The Labute approximate surface area is 522 Å². The molecule has 0 aromatic heterocycles. The first-order valence-electron chi connectivity index (χ1n) is 36.3. The summed E-state index contributed by atoms with van der Waals surface area (Å²) in [7, 11) is 1.18. The molecule has 0 aliphatic rings. The van der Waals surface area contributed by atoms with Gasteiger partial charge in [-0.2, -0.15) is 0 Å². The Morgan fingerprint density at radius 3 is 1.01 bits per heavy atom. The molecule has 494 valence electrons. The smallest absolute Gasteiger partial charge is 0.306 e. The van der Waals surface area contributed by atoms with E-state index in [2.05, 4.69) is 62.5 Å². The summed E-state index contributed by atoms with van der Waals surface area (Å²) in [5.74, 6) is -0.818. The second kappa shape index (κ2) is 65.4. The SMILES string of the molecule is CC/C=C\C/C=C\C/C=C\C/C=C\CCCCCCCCCCCCCCC(=O)OC(COC(=O)CCCCCCCCCCCCCCCCCCCCCCCCCCCCCCCCCCCCC)COP(=O)([O-])OCC[N+](C)(C)C. The number of hydrogen-bond donors (Lipinski definition) is 0. The number of ether oxygens (including phenoxy) is 2. The first-order chi connectivity index (χ1) is 41.0. The molecular weight excluding hydrogens is 1060 g/mol. The monoisotopic (exact) mass is 1200 g/mol. The summed E-state index contributed by atoms with van der Waals surface area (Å²) in [6.07, 6.45) is 85.0. The molecule has 0 spiro atoms. The lowest BCUT2D eigenvalue weighted by atomic mass is 10.0. The van der Waals surface area contributed by atoms with E-state index >= 15 is 0 Å². The zero-order chi connectivity index (χ0) is 61.2. The summed E-state index contributed by atoms with van der Waals surface area (Å²) in [5.41, 5.74) is 0. The van der Waals surface area contributed by atoms with Crippen LogP contribution in [0.5, 0.6) is 0 Å². The van der Waals surface area contributed by atoms with Crippen LogP contribution in [0.4, 0.5) is 0 Å². The maximum Gasteiger partial charge on any atom is 0.306 e. The van der Waals surface area contributed by atoms with E-state index in [4.69, 9.17) is 18.5 Å². The fourth-order valence-corrected chi connectivity index (χ4v) is 11.6. The van der Waals surface area contributed by atoms with Gasteiger partial charge in [0.1, 0.15) is 19.8 Å². The van der Waals surface area contributed by atoms with Crippen molar-refractivity contribution in [3.8, 4) is 0 Å². The van der Waals surface area contributed by atoms with Crippen LogP contribution in [-0.4, -0.2) is 70.0 Å². The van der Waals surface area contributed by atoms with Gasteiger partial charge >= 0.3 is 11.9 Å². The van der Waals surface area contributed by atoms with Gasteiger partial charge in [-0.05, 0) is 51.4 Å². The zero-order valence-electron chi connectivity index (χ0n) is 56.4. The average Bonchev–Trinajstić information content (AvgIpc) is 3.60. The third kappa shape index (κ3) is 69.1. The summed E-state index contributed by atoms with van der Waals surface area (Å²) in [6.45, 7) is 4.19. The quantitative estimate of drug-likeness (QED) is 0.0195. The normalized spacial score (nSPS) is 13.4. The van der Waals surface area contributed by atoms with Crippen molar-refractivity contribution < 1.29 is 42.1 Å². The van der Waals surface area contributed by atoms with Crippen LogP contribution in [0.2, 0.25) is 0 Å². The van der Waals surface area contributed by atoms with Crippen LogP contribution in [0.15, 0.2) is 48.6 Å². The van der Waals surface area contributed by atoms with Gasteiger partial charge in [-0.1, -0.05) is 345 Å². The van der Waals surface area contributed by atoms with Gasteiger partial charge in [-0.3, -0.25) is 14.2 Å². The number of unbranched alkanes of at least 4 members (excludes halogenated alkanes) is 46. The number of esters is 2. The lowest BCUT2D eigenvalue weighted by Gasteiger charge is -2.28. The van der Waals surface area contributed by atoms with Crippen molar-refractivity contribution >= 4 is 19.8 Å². The predicted octanol–water partition coefficient (Wildman–Crippen LogP) is 23.0. The molecule has 2 unspecified atom stereocenters. The van der Waals surface area contributed by atoms with Crippen LogP contribution >= 0.6 is 7.82 Å². The van der Waals surface area contributed by atoms with Crippen molar-refractivity contribution in [1.82, 2.24) is 0 Å². The minimum Gasteiger partial charge on any atom is -0.756 e. The number of quaternary nitrogens is 1. The van der Waals surface area contributed by atoms with Gasteiger partial charge in [0.25, 0.3) is 7.82 Å². The van der Waals surface area contributed by atoms with Crippen LogP contribution in [0.25, 0.3) is 0 Å². The molecule has 0 radical (unpaired) electrons. The number of allylic oxidation sites excluding steroid dienone is 8. The Hall–Kier alpha value is -2.03. The summed E-state index contributed by atoms with van der Waals surface area (Å²) in [5, 5.41) is 0. The van der Waals surface area contributed by atoms with E-state index in [1.807, 2.05) is 21.1 Å².